The van der Waals surface area contributed by atoms with Crippen LogP contribution >= 0.6 is 0 Å². The Morgan fingerprint density at radius 1 is 1.08 bits per heavy atom. The SMILES string of the molecule is CC(O)c1nccc(N2C[C@@H](C)N(c3ccnc(CCO)n3)[C@@H](C)C2)n1. The summed E-state index contributed by atoms with van der Waals surface area (Å²) in [4.78, 5) is 21.9. The van der Waals surface area contributed by atoms with Gasteiger partial charge in [-0.1, -0.05) is 0 Å². The van der Waals surface area contributed by atoms with Gasteiger partial charge in [-0.2, -0.15) is 0 Å². The minimum atomic E-state index is -0.683. The van der Waals surface area contributed by atoms with Crippen LogP contribution in [-0.2, 0) is 6.42 Å². The van der Waals surface area contributed by atoms with Gasteiger partial charge in [0.1, 0.15) is 23.6 Å². The average Bonchev–Trinajstić information content (AvgIpc) is 2.62. The Labute approximate surface area is 153 Å². The molecule has 3 rings (SSSR count). The number of anilines is 2. The van der Waals surface area contributed by atoms with Gasteiger partial charge in [-0.05, 0) is 32.9 Å². The van der Waals surface area contributed by atoms with Crippen LogP contribution in [0.25, 0.3) is 0 Å². The van der Waals surface area contributed by atoms with Gasteiger partial charge >= 0.3 is 0 Å². The Hall–Kier alpha value is -2.32. The molecule has 2 aromatic rings. The molecule has 140 valence electrons. The summed E-state index contributed by atoms with van der Waals surface area (Å²) in [7, 11) is 0. The zero-order chi connectivity index (χ0) is 18.7. The Kier molecular flexibility index (Phi) is 5.63. The second-order valence-electron chi connectivity index (χ2n) is 6.76. The van der Waals surface area contributed by atoms with Crippen molar-refractivity contribution in [3.05, 3.63) is 36.2 Å². The van der Waals surface area contributed by atoms with E-state index in [9.17, 15) is 5.11 Å². The van der Waals surface area contributed by atoms with Crippen LogP contribution in [0.2, 0.25) is 0 Å². The topological polar surface area (TPSA) is 98.5 Å². The van der Waals surface area contributed by atoms with E-state index in [0.717, 1.165) is 24.7 Å². The summed E-state index contributed by atoms with van der Waals surface area (Å²) in [5, 5.41) is 18.8. The number of hydrogen-bond acceptors (Lipinski definition) is 8. The van der Waals surface area contributed by atoms with Crippen LogP contribution in [-0.4, -0.2) is 61.9 Å². The lowest BCUT2D eigenvalue weighted by molar-refractivity contribution is 0.189. The molecule has 3 heterocycles. The van der Waals surface area contributed by atoms with E-state index in [1.54, 1.807) is 19.3 Å². The summed E-state index contributed by atoms with van der Waals surface area (Å²) in [6, 6.07) is 4.24. The number of hydrogen-bond donors (Lipinski definition) is 2. The van der Waals surface area contributed by atoms with Gasteiger partial charge in [0.2, 0.25) is 0 Å². The van der Waals surface area contributed by atoms with Crippen molar-refractivity contribution in [3.8, 4) is 0 Å². The molecule has 0 bridgehead atoms. The Morgan fingerprint density at radius 2 is 1.73 bits per heavy atom. The molecule has 8 heteroatoms. The minimum absolute atomic E-state index is 0.0433. The highest BCUT2D eigenvalue weighted by Gasteiger charge is 2.31. The molecule has 0 amide bonds. The van der Waals surface area contributed by atoms with Gasteiger partial charge in [-0.25, -0.2) is 19.9 Å². The number of aliphatic hydroxyl groups excluding tert-OH is 2. The lowest BCUT2D eigenvalue weighted by Crippen LogP contribution is -2.57. The normalized spacial score (nSPS) is 21.7. The molecule has 1 saturated heterocycles. The first-order chi connectivity index (χ1) is 12.5. The molecule has 1 aliphatic heterocycles. The fourth-order valence-electron chi connectivity index (χ4n) is 3.46. The number of aromatic nitrogens is 4. The predicted molar refractivity (Wildman–Crippen MR) is 99.1 cm³/mol. The van der Waals surface area contributed by atoms with Crippen LogP contribution in [0.15, 0.2) is 24.5 Å². The Bertz CT molecular complexity index is 729. The van der Waals surface area contributed by atoms with Gasteiger partial charge in [0, 0.05) is 44.0 Å². The molecule has 2 aromatic heterocycles. The van der Waals surface area contributed by atoms with Crippen LogP contribution in [0.5, 0.6) is 0 Å². The van der Waals surface area contributed by atoms with Crippen molar-refractivity contribution in [2.45, 2.75) is 45.4 Å². The second kappa shape index (κ2) is 7.92. The summed E-state index contributed by atoms with van der Waals surface area (Å²) in [5.41, 5.74) is 0. The molecule has 0 aliphatic carbocycles. The fourth-order valence-corrected chi connectivity index (χ4v) is 3.46. The molecule has 1 fully saturated rings. The lowest BCUT2D eigenvalue weighted by atomic mass is 10.1. The Morgan fingerprint density at radius 3 is 2.38 bits per heavy atom. The van der Waals surface area contributed by atoms with Gasteiger partial charge in [0.05, 0.1) is 6.61 Å². The van der Waals surface area contributed by atoms with Crippen molar-refractivity contribution < 1.29 is 10.2 Å². The zero-order valence-electron chi connectivity index (χ0n) is 15.4. The van der Waals surface area contributed by atoms with E-state index in [0.29, 0.717) is 18.1 Å². The number of aliphatic hydroxyl groups is 2. The van der Waals surface area contributed by atoms with E-state index in [1.807, 2.05) is 12.1 Å². The van der Waals surface area contributed by atoms with Gasteiger partial charge in [0.25, 0.3) is 0 Å². The van der Waals surface area contributed by atoms with Gasteiger partial charge in [-0.15, -0.1) is 0 Å². The first-order valence-corrected chi connectivity index (χ1v) is 8.96. The standard InChI is InChI=1S/C18H26N6O2/c1-12-10-23(16-4-8-20-18(22-16)14(3)26)11-13(2)24(12)17-5-7-19-15(21-17)6-9-25/h4-5,7-8,12-14,25-26H,6,9-11H2,1-3H3/t12-,13+,14?. The van der Waals surface area contributed by atoms with Crippen molar-refractivity contribution in [2.24, 2.45) is 0 Å². The highest BCUT2D eigenvalue weighted by molar-refractivity contribution is 5.47. The molecule has 3 atom stereocenters. The summed E-state index contributed by atoms with van der Waals surface area (Å²) in [6.45, 7) is 7.61. The lowest BCUT2D eigenvalue weighted by Gasteiger charge is -2.45. The molecular formula is C18H26N6O2. The number of nitrogens with zero attached hydrogens (tertiary/aromatic N) is 6. The molecule has 26 heavy (non-hydrogen) atoms. The molecule has 1 aliphatic rings. The molecule has 0 spiro atoms. The molecule has 2 N–H and O–H groups in total. The third kappa shape index (κ3) is 3.91. The first-order valence-electron chi connectivity index (χ1n) is 8.96. The van der Waals surface area contributed by atoms with E-state index >= 15 is 0 Å². The van der Waals surface area contributed by atoms with Crippen molar-refractivity contribution in [1.82, 2.24) is 19.9 Å². The van der Waals surface area contributed by atoms with Gasteiger partial charge in [-0.3, -0.25) is 0 Å². The first kappa shape index (κ1) is 18.5. The monoisotopic (exact) mass is 358 g/mol. The maximum absolute atomic E-state index is 9.73. The van der Waals surface area contributed by atoms with Crippen molar-refractivity contribution in [2.75, 3.05) is 29.5 Å². The third-order valence-corrected chi connectivity index (χ3v) is 4.57. The van der Waals surface area contributed by atoms with Crippen molar-refractivity contribution >= 4 is 11.6 Å². The Balaban J connectivity index is 1.79. The average molecular weight is 358 g/mol. The van der Waals surface area contributed by atoms with Gasteiger partial charge < -0.3 is 20.0 Å². The van der Waals surface area contributed by atoms with Crippen molar-refractivity contribution in [3.63, 3.8) is 0 Å². The van der Waals surface area contributed by atoms with Crippen LogP contribution in [0.1, 0.15) is 38.5 Å². The van der Waals surface area contributed by atoms with E-state index in [1.165, 1.54) is 0 Å². The molecule has 8 nitrogen and oxygen atoms in total. The summed E-state index contributed by atoms with van der Waals surface area (Å²) in [5.74, 6) is 2.81. The number of rotatable bonds is 5. The van der Waals surface area contributed by atoms with Crippen LogP contribution in [0.4, 0.5) is 11.6 Å². The maximum atomic E-state index is 9.73. The largest absolute Gasteiger partial charge is 0.396 e. The van der Waals surface area contributed by atoms with Gasteiger partial charge in [0.15, 0.2) is 5.82 Å². The maximum Gasteiger partial charge on any atom is 0.158 e. The minimum Gasteiger partial charge on any atom is -0.396 e. The molecule has 0 saturated carbocycles. The third-order valence-electron chi connectivity index (χ3n) is 4.57. The highest BCUT2D eigenvalue weighted by atomic mass is 16.3. The molecule has 0 radical (unpaired) electrons. The fraction of sp³-hybridized carbons (Fsp3) is 0.556. The summed E-state index contributed by atoms with van der Waals surface area (Å²) >= 11 is 0. The highest BCUT2D eigenvalue weighted by Crippen LogP contribution is 2.25. The molecular weight excluding hydrogens is 332 g/mol. The van der Waals surface area contributed by atoms with E-state index in [2.05, 4.69) is 43.6 Å². The smallest absolute Gasteiger partial charge is 0.158 e. The van der Waals surface area contributed by atoms with E-state index in [4.69, 9.17) is 5.11 Å². The number of piperazine rings is 1. The van der Waals surface area contributed by atoms with E-state index < -0.39 is 6.10 Å². The molecule has 1 unspecified atom stereocenters. The van der Waals surface area contributed by atoms with Crippen LogP contribution in [0.3, 0.4) is 0 Å². The zero-order valence-corrected chi connectivity index (χ0v) is 15.4. The molecule has 0 aromatic carbocycles. The predicted octanol–water partition coefficient (Wildman–Crippen LogP) is 0.958. The quantitative estimate of drug-likeness (QED) is 0.815. The second-order valence-corrected chi connectivity index (χ2v) is 6.76. The van der Waals surface area contributed by atoms with Crippen LogP contribution in [0, 0.1) is 0 Å². The van der Waals surface area contributed by atoms with E-state index in [-0.39, 0.29) is 18.7 Å². The summed E-state index contributed by atoms with van der Waals surface area (Å²) in [6.07, 6.45) is 3.22. The summed E-state index contributed by atoms with van der Waals surface area (Å²) < 4.78 is 0. The van der Waals surface area contributed by atoms with Crippen LogP contribution < -0.4 is 9.80 Å². The van der Waals surface area contributed by atoms with Crippen molar-refractivity contribution in [1.29, 1.82) is 0 Å².